The summed E-state index contributed by atoms with van der Waals surface area (Å²) in [4.78, 5) is 38.1. The molecule has 0 spiro atoms. The largest absolute Gasteiger partial charge is 0.352 e. The van der Waals surface area contributed by atoms with Gasteiger partial charge in [0.1, 0.15) is 11.7 Å². The van der Waals surface area contributed by atoms with Crippen molar-refractivity contribution in [1.29, 1.82) is 0 Å². The Labute approximate surface area is 116 Å². The van der Waals surface area contributed by atoms with Crippen LogP contribution in [0.25, 0.3) is 0 Å². The second-order valence-electron chi connectivity index (χ2n) is 4.39. The highest BCUT2D eigenvalue weighted by atomic mass is 16.2. The smallest absolute Gasteiger partial charge is 0.312 e. The van der Waals surface area contributed by atoms with Crippen LogP contribution in [0, 0.1) is 5.92 Å². The van der Waals surface area contributed by atoms with Crippen LogP contribution in [-0.2, 0) is 4.79 Å². The number of rotatable bonds is 4. The topological polar surface area (TPSA) is 126 Å². The molecule has 5 N–H and O–H groups in total. The molecule has 0 aliphatic carbocycles. The van der Waals surface area contributed by atoms with Crippen molar-refractivity contribution >= 4 is 17.8 Å². The molecule has 0 fully saturated rings. The lowest BCUT2D eigenvalue weighted by Gasteiger charge is -2.20. The minimum atomic E-state index is -0.837. The zero-order chi connectivity index (χ0) is 15.1. The van der Waals surface area contributed by atoms with Gasteiger partial charge < -0.3 is 11.1 Å². The predicted molar refractivity (Wildman–Crippen MR) is 71.2 cm³/mol. The lowest BCUT2D eigenvalue weighted by Crippen LogP contribution is -2.55. The Morgan fingerprint density at radius 1 is 1.20 bits per heavy atom. The number of amides is 4. The number of carbonyl (C=O) groups is 3. The maximum atomic E-state index is 11.8. The molecular formula is C12H17N5O3. The van der Waals surface area contributed by atoms with Gasteiger partial charge in [0.25, 0.3) is 11.8 Å². The summed E-state index contributed by atoms with van der Waals surface area (Å²) in [7, 11) is 0. The zero-order valence-electron chi connectivity index (χ0n) is 11.2. The Morgan fingerprint density at radius 2 is 1.90 bits per heavy atom. The van der Waals surface area contributed by atoms with Gasteiger partial charge in [-0.15, -0.1) is 0 Å². The van der Waals surface area contributed by atoms with Gasteiger partial charge in [-0.3, -0.25) is 25.4 Å². The Morgan fingerprint density at radius 3 is 2.40 bits per heavy atom. The van der Waals surface area contributed by atoms with Gasteiger partial charge >= 0.3 is 6.03 Å². The molecule has 1 aromatic heterocycles. The van der Waals surface area contributed by atoms with Gasteiger partial charge in [-0.25, -0.2) is 4.79 Å². The van der Waals surface area contributed by atoms with E-state index in [0.29, 0.717) is 0 Å². The van der Waals surface area contributed by atoms with Crippen LogP contribution in [0.2, 0.25) is 0 Å². The number of aromatic nitrogens is 1. The SMILES string of the molecule is CC(C)[C@H](NC(N)=O)C(=O)NNC(=O)c1ccccn1. The van der Waals surface area contributed by atoms with Gasteiger partial charge in [-0.1, -0.05) is 19.9 Å². The first-order valence-electron chi connectivity index (χ1n) is 5.99. The third-order valence-corrected chi connectivity index (χ3v) is 2.44. The first-order chi connectivity index (χ1) is 9.41. The van der Waals surface area contributed by atoms with Crippen molar-refractivity contribution in [2.75, 3.05) is 0 Å². The number of carbonyl (C=O) groups excluding carboxylic acids is 3. The summed E-state index contributed by atoms with van der Waals surface area (Å²) in [5.74, 6) is -1.31. The lowest BCUT2D eigenvalue weighted by atomic mass is 10.0. The maximum Gasteiger partial charge on any atom is 0.312 e. The van der Waals surface area contributed by atoms with Gasteiger partial charge in [-0.2, -0.15) is 0 Å². The number of primary amides is 1. The van der Waals surface area contributed by atoms with E-state index >= 15 is 0 Å². The van der Waals surface area contributed by atoms with Crippen molar-refractivity contribution in [3.8, 4) is 0 Å². The van der Waals surface area contributed by atoms with E-state index in [1.807, 2.05) is 0 Å². The van der Waals surface area contributed by atoms with Crippen LogP contribution in [0.1, 0.15) is 24.3 Å². The number of pyridine rings is 1. The lowest BCUT2D eigenvalue weighted by molar-refractivity contribution is -0.124. The molecule has 0 radical (unpaired) electrons. The van der Waals surface area contributed by atoms with E-state index in [9.17, 15) is 14.4 Å². The highest BCUT2D eigenvalue weighted by Gasteiger charge is 2.23. The summed E-state index contributed by atoms with van der Waals surface area (Å²) in [6, 6.07) is 3.17. The molecule has 1 atom stereocenters. The molecule has 8 nitrogen and oxygen atoms in total. The van der Waals surface area contributed by atoms with Crippen molar-refractivity contribution < 1.29 is 14.4 Å². The van der Waals surface area contributed by atoms with E-state index in [1.54, 1.807) is 26.0 Å². The van der Waals surface area contributed by atoms with Crippen LogP contribution >= 0.6 is 0 Å². The fourth-order valence-corrected chi connectivity index (χ4v) is 1.45. The van der Waals surface area contributed by atoms with E-state index < -0.39 is 23.9 Å². The van der Waals surface area contributed by atoms with Crippen molar-refractivity contribution in [2.24, 2.45) is 11.7 Å². The van der Waals surface area contributed by atoms with Crippen LogP contribution in [-0.4, -0.2) is 28.9 Å². The summed E-state index contributed by atoms with van der Waals surface area (Å²) in [5.41, 5.74) is 9.59. The maximum absolute atomic E-state index is 11.8. The summed E-state index contributed by atoms with van der Waals surface area (Å²) in [6.07, 6.45) is 1.46. The number of urea groups is 1. The molecule has 8 heteroatoms. The number of hydrogen-bond donors (Lipinski definition) is 4. The zero-order valence-corrected chi connectivity index (χ0v) is 11.2. The van der Waals surface area contributed by atoms with Crippen LogP contribution in [0.4, 0.5) is 4.79 Å². The van der Waals surface area contributed by atoms with Crippen molar-refractivity contribution in [2.45, 2.75) is 19.9 Å². The number of nitrogens with zero attached hydrogens (tertiary/aromatic N) is 1. The summed E-state index contributed by atoms with van der Waals surface area (Å²) >= 11 is 0. The van der Waals surface area contributed by atoms with Gasteiger partial charge in [0.2, 0.25) is 0 Å². The number of nitrogens with two attached hydrogens (primary N) is 1. The number of hydrazine groups is 1. The van der Waals surface area contributed by atoms with Gasteiger partial charge in [-0.05, 0) is 18.1 Å². The van der Waals surface area contributed by atoms with Crippen LogP contribution in [0.5, 0.6) is 0 Å². The van der Waals surface area contributed by atoms with Crippen LogP contribution in [0.15, 0.2) is 24.4 Å². The van der Waals surface area contributed by atoms with Gasteiger partial charge in [0, 0.05) is 6.20 Å². The van der Waals surface area contributed by atoms with E-state index in [2.05, 4.69) is 21.2 Å². The summed E-state index contributed by atoms with van der Waals surface area (Å²) < 4.78 is 0. The highest BCUT2D eigenvalue weighted by molar-refractivity contribution is 5.94. The van der Waals surface area contributed by atoms with Crippen molar-refractivity contribution in [3.63, 3.8) is 0 Å². The van der Waals surface area contributed by atoms with Gasteiger partial charge in [0.05, 0.1) is 0 Å². The summed E-state index contributed by atoms with van der Waals surface area (Å²) in [6.45, 7) is 3.47. The minimum Gasteiger partial charge on any atom is -0.352 e. The molecule has 1 heterocycles. The molecular weight excluding hydrogens is 262 g/mol. The second kappa shape index (κ2) is 7.07. The Kier molecular flexibility index (Phi) is 5.45. The average Bonchev–Trinajstić information content (AvgIpc) is 2.42. The Balaban J connectivity index is 2.57. The van der Waals surface area contributed by atoms with Gasteiger partial charge in [0.15, 0.2) is 0 Å². The highest BCUT2D eigenvalue weighted by Crippen LogP contribution is 2.01. The molecule has 1 rings (SSSR count). The summed E-state index contributed by atoms with van der Waals surface area (Å²) in [5, 5.41) is 2.30. The van der Waals surface area contributed by atoms with Crippen LogP contribution in [0.3, 0.4) is 0 Å². The standard InChI is InChI=1S/C12H17N5O3/c1-7(2)9(15-12(13)20)11(19)17-16-10(18)8-5-3-4-6-14-8/h3-7,9H,1-2H3,(H,16,18)(H,17,19)(H3,13,15,20)/t9-/m0/s1. The van der Waals surface area contributed by atoms with Crippen LogP contribution < -0.4 is 21.9 Å². The van der Waals surface area contributed by atoms with Crippen molar-refractivity contribution in [1.82, 2.24) is 21.2 Å². The second-order valence-corrected chi connectivity index (χ2v) is 4.39. The normalized spacial score (nSPS) is 11.6. The molecule has 0 aliphatic heterocycles. The number of nitrogens with one attached hydrogen (secondary N) is 3. The Hall–Kier alpha value is -2.64. The minimum absolute atomic E-state index is 0.164. The first-order valence-corrected chi connectivity index (χ1v) is 5.99. The van der Waals surface area contributed by atoms with E-state index in [-0.39, 0.29) is 11.6 Å². The molecule has 20 heavy (non-hydrogen) atoms. The fraction of sp³-hybridized carbons (Fsp3) is 0.333. The fourth-order valence-electron chi connectivity index (χ4n) is 1.45. The molecule has 0 unspecified atom stereocenters. The molecule has 0 aliphatic rings. The van der Waals surface area contributed by atoms with E-state index in [4.69, 9.17) is 5.73 Å². The molecule has 108 valence electrons. The molecule has 0 aromatic carbocycles. The first kappa shape index (κ1) is 15.4. The molecule has 0 saturated carbocycles. The predicted octanol–water partition coefficient (Wildman–Crippen LogP) is -0.464. The molecule has 0 bridgehead atoms. The Bertz CT molecular complexity index is 489. The number of hydrogen-bond acceptors (Lipinski definition) is 4. The van der Waals surface area contributed by atoms with Crippen molar-refractivity contribution in [3.05, 3.63) is 30.1 Å². The quantitative estimate of drug-likeness (QED) is 0.556. The average molecular weight is 279 g/mol. The molecule has 4 amide bonds. The monoisotopic (exact) mass is 279 g/mol. The third kappa shape index (κ3) is 4.56. The molecule has 1 aromatic rings. The van der Waals surface area contributed by atoms with E-state index in [1.165, 1.54) is 12.3 Å². The molecule has 0 saturated heterocycles. The third-order valence-electron chi connectivity index (χ3n) is 2.44. The van der Waals surface area contributed by atoms with E-state index in [0.717, 1.165) is 0 Å².